The minimum absolute atomic E-state index is 0.214. The molecule has 0 heterocycles. The highest BCUT2D eigenvalue weighted by atomic mass is 16.5. The van der Waals surface area contributed by atoms with Gasteiger partial charge in [-0.05, 0) is 13.8 Å². The van der Waals surface area contributed by atoms with Crippen molar-refractivity contribution in [3.63, 3.8) is 0 Å². The molecule has 3 nitrogen and oxygen atoms in total. The van der Waals surface area contributed by atoms with Crippen molar-refractivity contribution in [2.75, 3.05) is 6.61 Å². The van der Waals surface area contributed by atoms with Gasteiger partial charge in [0.1, 0.15) is 0 Å². The van der Waals surface area contributed by atoms with E-state index in [1.54, 1.807) is 6.92 Å². The normalized spacial score (nSPS) is 15.2. The maximum Gasteiger partial charge on any atom is 0.338 e. The average Bonchev–Trinajstić information content (AvgIpc) is 1.88. The fourth-order valence-corrected chi connectivity index (χ4v) is 0.651. The van der Waals surface area contributed by atoms with Gasteiger partial charge in [0.2, 0.25) is 0 Å². The van der Waals surface area contributed by atoms with Crippen LogP contribution in [0.2, 0.25) is 0 Å². The summed E-state index contributed by atoms with van der Waals surface area (Å²) >= 11 is 0. The summed E-state index contributed by atoms with van der Waals surface area (Å²) in [6.07, 6.45) is 1.70. The van der Waals surface area contributed by atoms with Gasteiger partial charge in [0, 0.05) is 6.42 Å². The van der Waals surface area contributed by atoms with E-state index in [0.717, 1.165) is 0 Å². The third-order valence-corrected chi connectivity index (χ3v) is 1.26. The van der Waals surface area contributed by atoms with Gasteiger partial charge in [0.25, 0.3) is 0 Å². The molecule has 0 spiro atoms. The Bertz CT molecular complexity index is 149. The Balaban J connectivity index is 4.05. The van der Waals surface area contributed by atoms with Crippen LogP contribution in [0.4, 0.5) is 0 Å². The lowest BCUT2D eigenvalue weighted by molar-refractivity contribution is -0.162. The monoisotopic (exact) mass is 158 g/mol. The van der Waals surface area contributed by atoms with E-state index in [9.17, 15) is 9.90 Å². The Morgan fingerprint density at radius 2 is 2.36 bits per heavy atom. The highest BCUT2D eigenvalue weighted by molar-refractivity contribution is 5.78. The van der Waals surface area contributed by atoms with Crippen molar-refractivity contribution in [3.8, 4) is 0 Å². The number of carbonyl (C=O) groups excluding carboxylic acids is 1. The molecule has 11 heavy (non-hydrogen) atoms. The van der Waals surface area contributed by atoms with Gasteiger partial charge in [-0.2, -0.15) is 0 Å². The number of esters is 1. The molecule has 0 unspecified atom stereocenters. The van der Waals surface area contributed by atoms with E-state index in [0.29, 0.717) is 0 Å². The van der Waals surface area contributed by atoms with Crippen molar-refractivity contribution in [2.24, 2.45) is 0 Å². The van der Waals surface area contributed by atoms with Crippen LogP contribution < -0.4 is 0 Å². The molecule has 0 bridgehead atoms. The Kier molecular flexibility index (Phi) is 3.82. The van der Waals surface area contributed by atoms with Crippen LogP contribution >= 0.6 is 0 Å². The molecule has 0 rings (SSSR count). The first-order valence-corrected chi connectivity index (χ1v) is 3.55. The highest BCUT2D eigenvalue weighted by Gasteiger charge is 2.29. The summed E-state index contributed by atoms with van der Waals surface area (Å²) in [6, 6.07) is 0. The van der Waals surface area contributed by atoms with E-state index in [4.69, 9.17) is 0 Å². The quantitative estimate of drug-likeness (QED) is 0.488. The fraction of sp³-hybridized carbons (Fsp3) is 0.625. The first-order valence-electron chi connectivity index (χ1n) is 3.55. The van der Waals surface area contributed by atoms with E-state index in [2.05, 4.69) is 11.3 Å². The summed E-state index contributed by atoms with van der Waals surface area (Å²) in [5.41, 5.74) is -1.42. The van der Waals surface area contributed by atoms with E-state index in [1.807, 2.05) is 0 Å². The van der Waals surface area contributed by atoms with E-state index in [1.165, 1.54) is 13.0 Å². The summed E-state index contributed by atoms with van der Waals surface area (Å²) in [5.74, 6) is -0.597. The number of ether oxygens (including phenoxy) is 1. The number of rotatable bonds is 4. The molecule has 1 atom stereocenters. The van der Waals surface area contributed by atoms with Gasteiger partial charge < -0.3 is 9.84 Å². The molecular weight excluding hydrogens is 144 g/mol. The molecule has 0 aromatic heterocycles. The summed E-state index contributed by atoms with van der Waals surface area (Å²) in [5, 5.41) is 9.37. The second-order valence-corrected chi connectivity index (χ2v) is 2.49. The Morgan fingerprint density at radius 1 is 1.82 bits per heavy atom. The molecule has 0 aliphatic carbocycles. The maximum absolute atomic E-state index is 10.9. The van der Waals surface area contributed by atoms with Crippen LogP contribution in [0.15, 0.2) is 12.7 Å². The van der Waals surface area contributed by atoms with Crippen LogP contribution in [0.5, 0.6) is 0 Å². The minimum Gasteiger partial charge on any atom is -0.464 e. The van der Waals surface area contributed by atoms with Crippen molar-refractivity contribution in [1.29, 1.82) is 0 Å². The van der Waals surface area contributed by atoms with Gasteiger partial charge in [0.05, 0.1) is 6.61 Å². The first-order chi connectivity index (χ1) is 5.04. The van der Waals surface area contributed by atoms with Gasteiger partial charge in [-0.3, -0.25) is 0 Å². The van der Waals surface area contributed by atoms with Crippen molar-refractivity contribution in [3.05, 3.63) is 12.7 Å². The van der Waals surface area contributed by atoms with E-state index in [-0.39, 0.29) is 13.0 Å². The number of hydrogen-bond acceptors (Lipinski definition) is 3. The van der Waals surface area contributed by atoms with Crippen LogP contribution in [0, 0.1) is 0 Å². The lowest BCUT2D eigenvalue weighted by Crippen LogP contribution is -2.36. The predicted molar refractivity (Wildman–Crippen MR) is 42.1 cm³/mol. The molecular formula is C8H14O3. The Hall–Kier alpha value is -0.830. The molecule has 1 N–H and O–H groups in total. The zero-order chi connectivity index (χ0) is 8.91. The molecule has 0 aromatic rings. The van der Waals surface area contributed by atoms with Gasteiger partial charge in [-0.1, -0.05) is 6.08 Å². The van der Waals surface area contributed by atoms with Crippen molar-refractivity contribution < 1.29 is 14.6 Å². The highest BCUT2D eigenvalue weighted by Crippen LogP contribution is 2.11. The lowest BCUT2D eigenvalue weighted by atomic mass is 10.0. The predicted octanol–water partition coefficient (Wildman–Crippen LogP) is 0.877. The molecule has 0 aliphatic heterocycles. The summed E-state index contributed by atoms with van der Waals surface area (Å²) < 4.78 is 4.62. The van der Waals surface area contributed by atoms with Crippen LogP contribution in [-0.4, -0.2) is 23.3 Å². The van der Waals surface area contributed by atoms with Gasteiger partial charge in [-0.25, -0.2) is 4.79 Å². The summed E-state index contributed by atoms with van der Waals surface area (Å²) in [4.78, 5) is 10.9. The number of hydrogen-bond donors (Lipinski definition) is 1. The van der Waals surface area contributed by atoms with E-state index < -0.39 is 11.6 Å². The second-order valence-electron chi connectivity index (χ2n) is 2.49. The van der Waals surface area contributed by atoms with Crippen LogP contribution in [-0.2, 0) is 9.53 Å². The standard InChI is InChI=1S/C8H14O3/c1-4-6-8(3,10)7(9)11-5-2/h4,10H,1,5-6H2,2-3H3/t8-/m0/s1. The Labute approximate surface area is 66.7 Å². The smallest absolute Gasteiger partial charge is 0.338 e. The van der Waals surface area contributed by atoms with Gasteiger partial charge >= 0.3 is 5.97 Å². The van der Waals surface area contributed by atoms with Crippen molar-refractivity contribution in [2.45, 2.75) is 25.9 Å². The maximum atomic E-state index is 10.9. The van der Waals surface area contributed by atoms with Crippen molar-refractivity contribution in [1.82, 2.24) is 0 Å². The van der Waals surface area contributed by atoms with Crippen molar-refractivity contribution >= 4 is 5.97 Å². The first kappa shape index (κ1) is 10.2. The van der Waals surface area contributed by atoms with Gasteiger partial charge in [-0.15, -0.1) is 6.58 Å². The number of carbonyl (C=O) groups is 1. The fourth-order valence-electron chi connectivity index (χ4n) is 0.651. The second kappa shape index (κ2) is 4.13. The molecule has 0 saturated heterocycles. The minimum atomic E-state index is -1.42. The third kappa shape index (κ3) is 3.18. The number of aliphatic hydroxyl groups is 1. The third-order valence-electron chi connectivity index (χ3n) is 1.26. The van der Waals surface area contributed by atoms with Gasteiger partial charge in [0.15, 0.2) is 5.60 Å². The molecule has 0 amide bonds. The van der Waals surface area contributed by atoms with Crippen LogP contribution in [0.1, 0.15) is 20.3 Å². The van der Waals surface area contributed by atoms with Crippen LogP contribution in [0.25, 0.3) is 0 Å². The molecule has 64 valence electrons. The zero-order valence-electron chi connectivity index (χ0n) is 6.96. The molecule has 0 saturated carbocycles. The molecule has 0 aromatic carbocycles. The molecule has 0 aliphatic rings. The van der Waals surface area contributed by atoms with E-state index >= 15 is 0 Å². The Morgan fingerprint density at radius 3 is 2.73 bits per heavy atom. The summed E-state index contributed by atoms with van der Waals surface area (Å²) in [7, 11) is 0. The van der Waals surface area contributed by atoms with Crippen LogP contribution in [0.3, 0.4) is 0 Å². The largest absolute Gasteiger partial charge is 0.464 e. The molecule has 3 heteroatoms. The topological polar surface area (TPSA) is 46.5 Å². The molecule has 0 radical (unpaired) electrons. The SMILES string of the molecule is C=CC[C@](C)(O)C(=O)OCC. The zero-order valence-corrected chi connectivity index (χ0v) is 6.96. The lowest BCUT2D eigenvalue weighted by Gasteiger charge is -2.18. The average molecular weight is 158 g/mol. The molecule has 0 fully saturated rings. The summed E-state index contributed by atoms with van der Waals surface area (Å²) in [6.45, 7) is 6.81.